The van der Waals surface area contributed by atoms with Crippen LogP contribution in [0.4, 0.5) is 0 Å². The van der Waals surface area contributed by atoms with Crippen LogP contribution in [0.15, 0.2) is 48.7 Å². The van der Waals surface area contributed by atoms with Crippen LogP contribution < -0.4 is 5.32 Å². The number of aromatic nitrogens is 1. The summed E-state index contributed by atoms with van der Waals surface area (Å²) in [5, 5.41) is 22.3. The van der Waals surface area contributed by atoms with Crippen LogP contribution in [0.2, 0.25) is 0 Å². The Bertz CT molecular complexity index is 990. The van der Waals surface area contributed by atoms with Gasteiger partial charge in [0.15, 0.2) is 0 Å². The maximum absolute atomic E-state index is 12.2. The molecule has 0 atom stereocenters. The Labute approximate surface area is 154 Å². The molecule has 4 N–H and O–H groups in total. The summed E-state index contributed by atoms with van der Waals surface area (Å²) in [5.74, 6) is -2.95. The molecule has 0 saturated heterocycles. The lowest BCUT2D eigenvalue weighted by Crippen LogP contribution is -2.28. The topological polar surface area (TPSA) is 119 Å². The first-order valence-electron chi connectivity index (χ1n) is 8.37. The Morgan fingerprint density at radius 2 is 1.59 bits per heavy atom. The number of para-hydroxylation sites is 1. The number of hydrogen-bond acceptors (Lipinski definition) is 3. The van der Waals surface area contributed by atoms with Crippen LogP contribution in [0.3, 0.4) is 0 Å². The number of carboxylic acid groups (broad SMARTS) is 2. The summed E-state index contributed by atoms with van der Waals surface area (Å²) in [6.45, 7) is 0.359. The van der Waals surface area contributed by atoms with Crippen LogP contribution in [0.5, 0.6) is 0 Å². The van der Waals surface area contributed by atoms with Crippen molar-refractivity contribution in [3.63, 3.8) is 0 Å². The van der Waals surface area contributed by atoms with Gasteiger partial charge in [-0.05, 0) is 35.7 Å². The third-order valence-corrected chi connectivity index (χ3v) is 4.37. The number of carbonyl (C=O) groups excluding carboxylic acids is 1. The normalized spacial score (nSPS) is 10.7. The molecule has 0 spiro atoms. The lowest BCUT2D eigenvalue weighted by Gasteiger charge is -2.10. The molecule has 0 aliphatic heterocycles. The first-order chi connectivity index (χ1) is 13.0. The van der Waals surface area contributed by atoms with Gasteiger partial charge in [-0.2, -0.15) is 0 Å². The maximum Gasteiger partial charge on any atom is 0.336 e. The molecule has 2 aromatic carbocycles. The molecule has 0 bridgehead atoms. The molecule has 0 fully saturated rings. The molecule has 1 aromatic heterocycles. The fourth-order valence-electron chi connectivity index (χ4n) is 3.08. The first kappa shape index (κ1) is 18.2. The summed E-state index contributed by atoms with van der Waals surface area (Å²) in [4.78, 5) is 38.1. The minimum atomic E-state index is -1.26. The number of benzene rings is 2. The second kappa shape index (κ2) is 7.74. The third-order valence-electron chi connectivity index (χ3n) is 4.37. The van der Waals surface area contributed by atoms with Gasteiger partial charge in [-0.15, -0.1) is 0 Å². The minimum Gasteiger partial charge on any atom is -0.478 e. The van der Waals surface area contributed by atoms with Crippen LogP contribution in [-0.2, 0) is 17.6 Å². The van der Waals surface area contributed by atoms with E-state index in [9.17, 15) is 24.6 Å². The molecule has 0 aliphatic rings. The smallest absolute Gasteiger partial charge is 0.336 e. The number of aromatic carboxylic acids is 2. The van der Waals surface area contributed by atoms with Crippen molar-refractivity contribution in [2.45, 2.75) is 12.8 Å². The van der Waals surface area contributed by atoms with Gasteiger partial charge >= 0.3 is 11.9 Å². The van der Waals surface area contributed by atoms with Gasteiger partial charge in [-0.3, -0.25) is 4.79 Å². The van der Waals surface area contributed by atoms with Gasteiger partial charge in [0.2, 0.25) is 5.91 Å². The number of nitrogens with one attached hydrogen (secondary N) is 2. The Kier molecular flexibility index (Phi) is 5.21. The number of aromatic amines is 1. The molecule has 0 unspecified atom stereocenters. The largest absolute Gasteiger partial charge is 0.478 e. The van der Waals surface area contributed by atoms with Crippen molar-refractivity contribution in [3.8, 4) is 0 Å². The summed E-state index contributed by atoms with van der Waals surface area (Å²) in [6.07, 6.45) is 2.18. The highest BCUT2D eigenvalue weighted by Gasteiger charge is 2.20. The van der Waals surface area contributed by atoms with Gasteiger partial charge in [0, 0.05) is 23.6 Å². The molecule has 1 amide bonds. The molecule has 0 saturated carbocycles. The average Bonchev–Trinajstić information content (AvgIpc) is 3.05. The van der Waals surface area contributed by atoms with E-state index in [1.165, 1.54) is 18.2 Å². The first-order valence-corrected chi connectivity index (χ1v) is 8.37. The molecule has 0 aliphatic carbocycles. The number of rotatable bonds is 7. The van der Waals surface area contributed by atoms with Gasteiger partial charge in [-0.25, -0.2) is 9.59 Å². The Hall–Kier alpha value is -3.61. The summed E-state index contributed by atoms with van der Waals surface area (Å²) >= 11 is 0. The van der Waals surface area contributed by atoms with Crippen molar-refractivity contribution >= 4 is 28.7 Å². The van der Waals surface area contributed by atoms with E-state index in [1.807, 2.05) is 30.5 Å². The van der Waals surface area contributed by atoms with Gasteiger partial charge in [0.25, 0.3) is 0 Å². The quantitative estimate of drug-likeness (QED) is 0.512. The molecule has 138 valence electrons. The molecule has 0 radical (unpaired) electrons. The predicted octanol–water partition coefficient (Wildman–Crippen LogP) is 2.47. The van der Waals surface area contributed by atoms with Crippen molar-refractivity contribution in [3.05, 3.63) is 70.9 Å². The zero-order valence-electron chi connectivity index (χ0n) is 14.4. The predicted molar refractivity (Wildman–Crippen MR) is 99.1 cm³/mol. The molecule has 1 heterocycles. The second-order valence-electron chi connectivity index (χ2n) is 6.08. The summed E-state index contributed by atoms with van der Waals surface area (Å²) in [5.41, 5.74) is 1.72. The fourth-order valence-corrected chi connectivity index (χ4v) is 3.08. The number of fused-ring (bicyclic) bond motifs is 1. The van der Waals surface area contributed by atoms with Crippen LogP contribution in [0.1, 0.15) is 31.8 Å². The average molecular weight is 366 g/mol. The Balaban J connectivity index is 1.68. The molecule has 7 nitrogen and oxygen atoms in total. The summed E-state index contributed by atoms with van der Waals surface area (Å²) in [7, 11) is 0. The molecular formula is C20H18N2O5. The number of H-pyrrole nitrogens is 1. The standard InChI is InChI=1S/C20H18N2O5/c23-18(10-16-14(19(24)25)5-3-6-15(16)20(26)27)21-9-8-12-11-22-17-7-2-1-4-13(12)17/h1-7,11,22H,8-10H2,(H,21,23)(H,24,25)(H,26,27). The molecule has 3 aromatic rings. The van der Waals surface area contributed by atoms with Crippen LogP contribution in [0, 0.1) is 0 Å². The summed E-state index contributed by atoms with van der Waals surface area (Å²) in [6, 6.07) is 11.8. The summed E-state index contributed by atoms with van der Waals surface area (Å²) < 4.78 is 0. The van der Waals surface area contributed by atoms with E-state index in [0.29, 0.717) is 13.0 Å². The monoisotopic (exact) mass is 366 g/mol. The molecule has 3 rings (SSSR count). The van der Waals surface area contributed by atoms with Crippen LogP contribution >= 0.6 is 0 Å². The minimum absolute atomic E-state index is 0.00194. The fraction of sp³-hybridized carbons (Fsp3) is 0.150. The van der Waals surface area contributed by atoms with Gasteiger partial charge in [0.05, 0.1) is 17.5 Å². The van der Waals surface area contributed by atoms with Crippen LogP contribution in [0.25, 0.3) is 10.9 Å². The van der Waals surface area contributed by atoms with Crippen LogP contribution in [-0.4, -0.2) is 39.6 Å². The van der Waals surface area contributed by atoms with E-state index in [2.05, 4.69) is 10.3 Å². The third kappa shape index (κ3) is 3.98. The molecular weight excluding hydrogens is 348 g/mol. The van der Waals surface area contributed by atoms with E-state index in [4.69, 9.17) is 0 Å². The number of amides is 1. The van der Waals surface area contributed by atoms with Gasteiger partial charge < -0.3 is 20.5 Å². The second-order valence-corrected chi connectivity index (χ2v) is 6.08. The van der Waals surface area contributed by atoms with Gasteiger partial charge in [-0.1, -0.05) is 24.3 Å². The SMILES string of the molecule is O=C(Cc1c(C(=O)O)cccc1C(=O)O)NCCc1c[nH]c2ccccc12. The molecule has 27 heavy (non-hydrogen) atoms. The number of carboxylic acids is 2. The van der Waals surface area contributed by atoms with Gasteiger partial charge in [0.1, 0.15) is 0 Å². The van der Waals surface area contributed by atoms with E-state index < -0.39 is 17.8 Å². The van der Waals surface area contributed by atoms with E-state index in [-0.39, 0.29) is 23.1 Å². The Morgan fingerprint density at radius 3 is 2.26 bits per heavy atom. The highest BCUT2D eigenvalue weighted by atomic mass is 16.4. The Morgan fingerprint density at radius 1 is 0.926 bits per heavy atom. The van der Waals surface area contributed by atoms with Crippen molar-refractivity contribution in [2.75, 3.05) is 6.54 Å². The van der Waals surface area contributed by atoms with Crippen molar-refractivity contribution in [2.24, 2.45) is 0 Å². The zero-order chi connectivity index (χ0) is 19.4. The van der Waals surface area contributed by atoms with E-state index in [1.54, 1.807) is 0 Å². The highest BCUT2D eigenvalue weighted by molar-refractivity contribution is 5.98. The van der Waals surface area contributed by atoms with Crippen molar-refractivity contribution < 1.29 is 24.6 Å². The van der Waals surface area contributed by atoms with Crippen molar-refractivity contribution in [1.29, 1.82) is 0 Å². The number of hydrogen-bond donors (Lipinski definition) is 4. The zero-order valence-corrected chi connectivity index (χ0v) is 14.4. The van der Waals surface area contributed by atoms with E-state index in [0.717, 1.165) is 16.5 Å². The lowest BCUT2D eigenvalue weighted by atomic mass is 9.97. The number of carbonyl (C=O) groups is 3. The maximum atomic E-state index is 12.2. The molecule has 7 heteroatoms. The highest BCUT2D eigenvalue weighted by Crippen LogP contribution is 2.18. The lowest BCUT2D eigenvalue weighted by molar-refractivity contribution is -0.120. The van der Waals surface area contributed by atoms with Crippen molar-refractivity contribution in [1.82, 2.24) is 10.3 Å². The van der Waals surface area contributed by atoms with E-state index >= 15 is 0 Å².